The molecule has 6 nitrogen and oxygen atoms in total. The van der Waals surface area contributed by atoms with Gasteiger partial charge >= 0.3 is 5.97 Å². The number of carbonyl (C=O) groups excluding carboxylic acids is 2. The van der Waals surface area contributed by atoms with E-state index >= 15 is 0 Å². The van der Waals surface area contributed by atoms with Gasteiger partial charge in [-0.25, -0.2) is 0 Å². The summed E-state index contributed by atoms with van der Waals surface area (Å²) in [7, 11) is 0. The maximum atomic E-state index is 11.7. The Morgan fingerprint density at radius 1 is 1.37 bits per heavy atom. The van der Waals surface area contributed by atoms with Gasteiger partial charge in [0.2, 0.25) is 0 Å². The van der Waals surface area contributed by atoms with Crippen LogP contribution < -0.4 is 4.74 Å². The number of nitro groups is 1. The molecule has 0 aliphatic heterocycles. The summed E-state index contributed by atoms with van der Waals surface area (Å²) in [4.78, 5) is 32.4. The smallest absolute Gasteiger partial charge is 0.314 e. The zero-order valence-electron chi connectivity index (χ0n) is 10.5. The Morgan fingerprint density at radius 2 is 1.95 bits per heavy atom. The van der Waals surface area contributed by atoms with E-state index in [1.807, 2.05) is 0 Å². The fourth-order valence-electron chi connectivity index (χ4n) is 1.16. The molecule has 1 aromatic rings. The quantitative estimate of drug-likeness (QED) is 0.357. The highest BCUT2D eigenvalue weighted by Crippen LogP contribution is 2.19. The molecule has 1 unspecified atom stereocenters. The van der Waals surface area contributed by atoms with Gasteiger partial charge in [-0.3, -0.25) is 19.7 Å². The first-order valence-electron chi connectivity index (χ1n) is 5.49. The zero-order chi connectivity index (χ0) is 14.4. The molecule has 0 aromatic heterocycles. The average molecular weight is 283 g/mol. The molecule has 0 saturated carbocycles. The number of ether oxygens (including phenoxy) is 1. The topological polar surface area (TPSA) is 86.5 Å². The normalized spacial score (nSPS) is 11.7. The SMILES string of the molecule is CC(=O)SCC(C)C(=O)Oc1ccc([N+](=O)[O-])cc1. The molecule has 0 amide bonds. The predicted molar refractivity (Wildman–Crippen MR) is 71.0 cm³/mol. The van der Waals surface area contributed by atoms with Crippen molar-refractivity contribution in [1.82, 2.24) is 0 Å². The lowest BCUT2D eigenvalue weighted by atomic mass is 10.2. The van der Waals surface area contributed by atoms with Gasteiger partial charge in [0, 0.05) is 24.8 Å². The molecule has 102 valence electrons. The highest BCUT2D eigenvalue weighted by molar-refractivity contribution is 8.13. The van der Waals surface area contributed by atoms with Gasteiger partial charge < -0.3 is 4.74 Å². The van der Waals surface area contributed by atoms with Crippen molar-refractivity contribution in [2.45, 2.75) is 13.8 Å². The van der Waals surface area contributed by atoms with Crippen molar-refractivity contribution in [2.75, 3.05) is 5.75 Å². The van der Waals surface area contributed by atoms with E-state index in [2.05, 4.69) is 0 Å². The third kappa shape index (κ3) is 5.09. The summed E-state index contributed by atoms with van der Waals surface area (Å²) in [5.41, 5.74) is -0.0695. The largest absolute Gasteiger partial charge is 0.426 e. The van der Waals surface area contributed by atoms with Crippen LogP contribution in [0.1, 0.15) is 13.8 Å². The van der Waals surface area contributed by atoms with Crippen LogP contribution in [0.4, 0.5) is 5.69 Å². The minimum atomic E-state index is -0.530. The zero-order valence-corrected chi connectivity index (χ0v) is 11.3. The molecule has 0 N–H and O–H groups in total. The van der Waals surface area contributed by atoms with Gasteiger partial charge in [-0.05, 0) is 12.1 Å². The van der Waals surface area contributed by atoms with Gasteiger partial charge in [-0.15, -0.1) is 0 Å². The van der Waals surface area contributed by atoms with E-state index in [0.29, 0.717) is 5.75 Å². The summed E-state index contributed by atoms with van der Waals surface area (Å²) in [6.07, 6.45) is 0. The Hall–Kier alpha value is -1.89. The number of non-ortho nitro benzene ring substituents is 1. The molecule has 0 aliphatic carbocycles. The molecule has 0 fully saturated rings. The van der Waals surface area contributed by atoms with Crippen molar-refractivity contribution in [3.8, 4) is 5.75 Å². The number of nitro benzene ring substituents is 1. The lowest BCUT2D eigenvalue weighted by Crippen LogP contribution is -2.20. The molecule has 0 radical (unpaired) electrons. The number of thioether (sulfide) groups is 1. The molecule has 7 heteroatoms. The van der Waals surface area contributed by atoms with Gasteiger partial charge in [-0.2, -0.15) is 0 Å². The van der Waals surface area contributed by atoms with Gasteiger partial charge in [0.05, 0.1) is 10.8 Å². The summed E-state index contributed by atoms with van der Waals surface area (Å²) in [6.45, 7) is 3.09. The van der Waals surface area contributed by atoms with Crippen molar-refractivity contribution in [3.05, 3.63) is 34.4 Å². The number of hydrogen-bond acceptors (Lipinski definition) is 6. The molecule has 0 saturated heterocycles. The monoisotopic (exact) mass is 283 g/mol. The fraction of sp³-hybridized carbons (Fsp3) is 0.333. The van der Waals surface area contributed by atoms with E-state index in [1.54, 1.807) is 6.92 Å². The lowest BCUT2D eigenvalue weighted by Gasteiger charge is -2.09. The van der Waals surface area contributed by atoms with Crippen LogP contribution in [0.2, 0.25) is 0 Å². The number of hydrogen-bond donors (Lipinski definition) is 0. The van der Waals surface area contributed by atoms with Crippen LogP contribution in [-0.2, 0) is 9.59 Å². The van der Waals surface area contributed by atoms with Crippen LogP contribution in [0.5, 0.6) is 5.75 Å². The Kier molecular flexibility index (Phi) is 5.50. The first-order chi connectivity index (χ1) is 8.90. The highest BCUT2D eigenvalue weighted by Gasteiger charge is 2.16. The summed E-state index contributed by atoms with van der Waals surface area (Å²) in [5, 5.41) is 10.4. The van der Waals surface area contributed by atoms with Crippen LogP contribution in [0, 0.1) is 16.0 Å². The van der Waals surface area contributed by atoms with Crippen molar-refractivity contribution in [3.63, 3.8) is 0 Å². The molecule has 1 aromatic carbocycles. The van der Waals surface area contributed by atoms with Crippen LogP contribution in [0.25, 0.3) is 0 Å². The minimum absolute atomic E-state index is 0.0602. The van der Waals surface area contributed by atoms with Crippen molar-refractivity contribution < 1.29 is 19.2 Å². The molecule has 19 heavy (non-hydrogen) atoms. The minimum Gasteiger partial charge on any atom is -0.426 e. The lowest BCUT2D eigenvalue weighted by molar-refractivity contribution is -0.384. The van der Waals surface area contributed by atoms with E-state index in [1.165, 1.54) is 31.2 Å². The summed E-state index contributed by atoms with van der Waals surface area (Å²) in [5.74, 6) is -0.303. The van der Waals surface area contributed by atoms with Crippen LogP contribution in [0.15, 0.2) is 24.3 Å². The molecular weight excluding hydrogens is 270 g/mol. The summed E-state index contributed by atoms with van der Waals surface area (Å²) >= 11 is 1.06. The Labute approximate surface area is 114 Å². The van der Waals surface area contributed by atoms with Crippen molar-refractivity contribution in [1.29, 1.82) is 0 Å². The number of carbonyl (C=O) groups is 2. The molecule has 1 rings (SSSR count). The van der Waals surface area contributed by atoms with Crippen molar-refractivity contribution >= 4 is 28.5 Å². The molecule has 0 aliphatic rings. The molecular formula is C12H13NO5S. The number of benzene rings is 1. The van der Waals surface area contributed by atoms with Gasteiger partial charge in [0.25, 0.3) is 5.69 Å². The van der Waals surface area contributed by atoms with E-state index in [-0.39, 0.29) is 16.6 Å². The second kappa shape index (κ2) is 6.89. The number of esters is 1. The van der Waals surface area contributed by atoms with Crippen LogP contribution in [0.3, 0.4) is 0 Å². The third-order valence-electron chi connectivity index (χ3n) is 2.20. The second-order valence-corrected chi connectivity index (χ2v) is 5.07. The van der Waals surface area contributed by atoms with E-state index in [0.717, 1.165) is 11.8 Å². The van der Waals surface area contributed by atoms with E-state index in [4.69, 9.17) is 4.74 Å². The molecule has 1 atom stereocenters. The van der Waals surface area contributed by atoms with Crippen LogP contribution in [-0.4, -0.2) is 21.8 Å². The standard InChI is InChI=1S/C12H13NO5S/c1-8(7-19-9(2)14)12(15)18-11-5-3-10(4-6-11)13(16)17/h3-6,8H,7H2,1-2H3. The maximum Gasteiger partial charge on any atom is 0.314 e. The van der Waals surface area contributed by atoms with E-state index < -0.39 is 16.8 Å². The second-order valence-electron chi connectivity index (χ2n) is 3.88. The average Bonchev–Trinajstić information content (AvgIpc) is 2.36. The van der Waals surface area contributed by atoms with Gasteiger partial charge in [-0.1, -0.05) is 18.7 Å². The van der Waals surface area contributed by atoms with Gasteiger partial charge in [0.1, 0.15) is 5.75 Å². The number of nitrogens with zero attached hydrogens (tertiary/aromatic N) is 1. The van der Waals surface area contributed by atoms with Crippen molar-refractivity contribution in [2.24, 2.45) is 5.92 Å². The number of rotatable bonds is 5. The Balaban J connectivity index is 2.56. The molecule has 0 bridgehead atoms. The predicted octanol–water partition coefficient (Wildman–Crippen LogP) is 2.42. The Morgan fingerprint density at radius 3 is 2.42 bits per heavy atom. The first-order valence-corrected chi connectivity index (χ1v) is 6.48. The molecule has 0 spiro atoms. The molecule has 0 heterocycles. The highest BCUT2D eigenvalue weighted by atomic mass is 32.2. The van der Waals surface area contributed by atoms with Crippen LogP contribution >= 0.6 is 11.8 Å². The summed E-state index contributed by atoms with van der Waals surface area (Å²) in [6, 6.07) is 5.25. The Bertz CT molecular complexity index is 485. The van der Waals surface area contributed by atoms with E-state index in [9.17, 15) is 19.7 Å². The maximum absolute atomic E-state index is 11.7. The van der Waals surface area contributed by atoms with Gasteiger partial charge in [0.15, 0.2) is 5.12 Å². The fourth-order valence-corrected chi connectivity index (χ4v) is 1.78. The third-order valence-corrected chi connectivity index (χ3v) is 3.28. The first kappa shape index (κ1) is 15.2. The summed E-state index contributed by atoms with van der Waals surface area (Å²) < 4.78 is 5.06.